The maximum absolute atomic E-state index is 12.2. The van der Waals surface area contributed by atoms with Gasteiger partial charge in [0.15, 0.2) is 0 Å². The number of hydrogen-bond donors (Lipinski definition) is 1. The summed E-state index contributed by atoms with van der Waals surface area (Å²) in [6.45, 7) is 9.26. The lowest BCUT2D eigenvalue weighted by molar-refractivity contribution is -0.0885. The van der Waals surface area contributed by atoms with Crippen molar-refractivity contribution in [2.24, 2.45) is 0 Å². The molecule has 0 spiro atoms. The predicted molar refractivity (Wildman–Crippen MR) is 135 cm³/mol. The molecule has 2 aromatic heterocycles. The zero-order valence-electron chi connectivity index (χ0n) is 20.3. The summed E-state index contributed by atoms with van der Waals surface area (Å²) in [5.74, 6) is 0.861. The smallest absolute Gasteiger partial charge is 0.248 e. The Labute approximate surface area is 198 Å². The number of hydrogen-bond acceptors (Lipinski definition) is 5. The van der Waals surface area contributed by atoms with Gasteiger partial charge in [0, 0.05) is 47.6 Å². The highest BCUT2D eigenvalue weighted by atomic mass is 16.5. The van der Waals surface area contributed by atoms with Gasteiger partial charge in [-0.3, -0.25) is 9.78 Å². The highest BCUT2D eigenvalue weighted by Gasteiger charge is 2.28. The van der Waals surface area contributed by atoms with E-state index in [2.05, 4.69) is 24.0 Å². The molecule has 0 bridgehead atoms. The van der Waals surface area contributed by atoms with Crippen LogP contribution in [0.4, 0.5) is 0 Å². The molecule has 0 fully saturated rings. The Morgan fingerprint density at radius 1 is 1.18 bits per heavy atom. The Bertz CT molecular complexity index is 1440. The highest BCUT2D eigenvalue weighted by molar-refractivity contribution is 6.07. The predicted octanol–water partition coefficient (Wildman–Crippen LogP) is 5.49. The van der Waals surface area contributed by atoms with Gasteiger partial charge in [0.25, 0.3) is 0 Å². The molecular formula is C28H30N2O4. The molecule has 6 nitrogen and oxygen atoms in total. The normalized spacial score (nSPS) is 14.4. The van der Waals surface area contributed by atoms with Crippen molar-refractivity contribution < 1.29 is 14.2 Å². The Hall–Kier alpha value is -3.22. The van der Waals surface area contributed by atoms with Gasteiger partial charge in [-0.1, -0.05) is 0 Å². The Morgan fingerprint density at radius 3 is 2.76 bits per heavy atom. The van der Waals surface area contributed by atoms with E-state index >= 15 is 0 Å². The molecule has 1 aliphatic heterocycles. The fourth-order valence-corrected chi connectivity index (χ4v) is 5.02. The van der Waals surface area contributed by atoms with E-state index in [1.807, 2.05) is 45.2 Å². The van der Waals surface area contributed by atoms with Crippen LogP contribution in [0, 0.1) is 6.92 Å². The number of nitrogens with one attached hydrogen (secondary N) is 1. The molecule has 176 valence electrons. The number of methoxy groups -OCH3 is 1. The summed E-state index contributed by atoms with van der Waals surface area (Å²) in [5, 5.41) is 1.99. The van der Waals surface area contributed by atoms with Gasteiger partial charge in [-0.15, -0.1) is 0 Å². The fourth-order valence-electron chi connectivity index (χ4n) is 5.02. The van der Waals surface area contributed by atoms with E-state index < -0.39 is 0 Å². The molecule has 1 N–H and O–H groups in total. The fraction of sp³-hybridized carbons (Fsp3) is 0.357. The van der Waals surface area contributed by atoms with E-state index in [0.29, 0.717) is 13.2 Å². The van der Waals surface area contributed by atoms with Gasteiger partial charge in [0.05, 0.1) is 24.3 Å². The van der Waals surface area contributed by atoms with Crippen molar-refractivity contribution in [3.05, 3.63) is 69.6 Å². The molecule has 0 radical (unpaired) electrons. The van der Waals surface area contributed by atoms with Crippen LogP contribution in [0.25, 0.3) is 32.9 Å². The number of aryl methyl sites for hydroxylation is 1. The van der Waals surface area contributed by atoms with Crippen LogP contribution >= 0.6 is 0 Å². The zero-order valence-corrected chi connectivity index (χ0v) is 20.3. The van der Waals surface area contributed by atoms with Crippen molar-refractivity contribution in [1.82, 2.24) is 9.97 Å². The van der Waals surface area contributed by atoms with Crippen molar-refractivity contribution in [1.29, 1.82) is 0 Å². The molecule has 3 heterocycles. The summed E-state index contributed by atoms with van der Waals surface area (Å²) in [6, 6.07) is 11.7. The number of aromatic nitrogens is 2. The van der Waals surface area contributed by atoms with Crippen LogP contribution in [-0.2, 0) is 15.9 Å². The van der Waals surface area contributed by atoms with Crippen molar-refractivity contribution in [3.63, 3.8) is 0 Å². The number of aromatic amines is 1. The van der Waals surface area contributed by atoms with Gasteiger partial charge in [-0.2, -0.15) is 0 Å². The first-order valence-corrected chi connectivity index (χ1v) is 11.6. The summed E-state index contributed by atoms with van der Waals surface area (Å²) < 4.78 is 18.1. The second-order valence-electron chi connectivity index (χ2n) is 9.84. The number of benzene rings is 2. The van der Waals surface area contributed by atoms with Crippen molar-refractivity contribution >= 4 is 21.8 Å². The third kappa shape index (κ3) is 3.97. The maximum atomic E-state index is 12.2. The first-order chi connectivity index (χ1) is 16.3. The number of H-pyrrole nitrogens is 1. The minimum atomic E-state index is -0.376. The molecule has 0 saturated heterocycles. The average Bonchev–Trinajstić information content (AvgIpc) is 2.78. The van der Waals surface area contributed by atoms with Crippen LogP contribution < -0.4 is 10.3 Å². The SMILES string of the molecule is COCC(OC(C)(C)C)c1c(C)cc2[nH]c(=O)ccc2c1-c1ccc2c3c(ccnc13)CCO2. The summed E-state index contributed by atoms with van der Waals surface area (Å²) in [4.78, 5) is 20.0. The standard InChI is InChI=1S/C28H30N2O4/c1-16-14-20-18(7-9-23(31)30-20)26(24(16)22(15-32-5)34-28(2,3)4)19-6-8-21-25-17(11-13-33-21)10-12-29-27(19)25/h6-10,12,14,22H,11,13,15H2,1-5H3,(H,30,31). The molecule has 0 saturated carbocycles. The molecule has 1 aliphatic rings. The second-order valence-corrected chi connectivity index (χ2v) is 9.84. The first-order valence-electron chi connectivity index (χ1n) is 11.6. The number of pyridine rings is 2. The number of nitrogens with zero attached hydrogens (tertiary/aromatic N) is 1. The van der Waals surface area contributed by atoms with E-state index in [1.54, 1.807) is 13.2 Å². The van der Waals surface area contributed by atoms with E-state index in [4.69, 9.17) is 19.2 Å². The van der Waals surface area contributed by atoms with Crippen LogP contribution in [0.5, 0.6) is 5.75 Å². The van der Waals surface area contributed by atoms with Crippen LogP contribution in [0.3, 0.4) is 0 Å². The quantitative estimate of drug-likeness (QED) is 0.428. The lowest BCUT2D eigenvalue weighted by Gasteiger charge is -2.31. The zero-order chi connectivity index (χ0) is 24.0. The van der Waals surface area contributed by atoms with Crippen molar-refractivity contribution in [3.8, 4) is 16.9 Å². The highest BCUT2D eigenvalue weighted by Crippen LogP contribution is 2.44. The topological polar surface area (TPSA) is 73.4 Å². The van der Waals surface area contributed by atoms with Crippen LogP contribution in [0.15, 0.2) is 47.4 Å². The summed E-state index contributed by atoms with van der Waals surface area (Å²) >= 11 is 0. The Balaban J connectivity index is 1.89. The number of rotatable bonds is 5. The first kappa shape index (κ1) is 22.6. The molecule has 6 heteroatoms. The molecule has 0 amide bonds. The molecule has 1 unspecified atom stereocenters. The second kappa shape index (κ2) is 8.53. The Kier molecular flexibility index (Phi) is 5.66. The molecule has 4 aromatic rings. The molecule has 34 heavy (non-hydrogen) atoms. The van der Waals surface area contributed by atoms with Crippen molar-refractivity contribution in [2.75, 3.05) is 20.3 Å². The van der Waals surface area contributed by atoms with Gasteiger partial charge < -0.3 is 19.2 Å². The van der Waals surface area contributed by atoms with Crippen LogP contribution in [-0.4, -0.2) is 35.9 Å². The molecule has 5 rings (SSSR count). The molecule has 0 aliphatic carbocycles. The molecular weight excluding hydrogens is 428 g/mol. The lowest BCUT2D eigenvalue weighted by Crippen LogP contribution is -2.26. The van der Waals surface area contributed by atoms with Crippen molar-refractivity contribution in [2.45, 2.75) is 45.8 Å². The van der Waals surface area contributed by atoms with E-state index in [9.17, 15) is 4.79 Å². The lowest BCUT2D eigenvalue weighted by atomic mass is 9.86. The van der Waals surface area contributed by atoms with E-state index in [-0.39, 0.29) is 17.3 Å². The number of ether oxygens (including phenoxy) is 3. The maximum Gasteiger partial charge on any atom is 0.248 e. The minimum Gasteiger partial charge on any atom is -0.493 e. The third-order valence-corrected chi connectivity index (χ3v) is 6.25. The van der Waals surface area contributed by atoms with Gasteiger partial charge in [-0.25, -0.2) is 0 Å². The number of fused-ring (bicyclic) bond motifs is 1. The average molecular weight is 459 g/mol. The third-order valence-electron chi connectivity index (χ3n) is 6.25. The van der Waals surface area contributed by atoms with Crippen LogP contribution in [0.2, 0.25) is 0 Å². The van der Waals surface area contributed by atoms with Gasteiger partial charge >= 0.3 is 0 Å². The summed E-state index contributed by atoms with van der Waals surface area (Å²) in [5.41, 5.74) is 6.45. The summed E-state index contributed by atoms with van der Waals surface area (Å²) in [7, 11) is 1.69. The monoisotopic (exact) mass is 458 g/mol. The van der Waals surface area contributed by atoms with Crippen LogP contribution in [0.1, 0.15) is 43.6 Å². The summed E-state index contributed by atoms with van der Waals surface area (Å²) in [6.07, 6.45) is 2.41. The van der Waals surface area contributed by atoms with Gasteiger partial charge in [-0.05, 0) is 80.3 Å². The molecule has 1 atom stereocenters. The largest absolute Gasteiger partial charge is 0.493 e. The molecule has 2 aromatic carbocycles. The van der Waals surface area contributed by atoms with Gasteiger partial charge in [0.1, 0.15) is 11.9 Å². The van der Waals surface area contributed by atoms with E-state index in [1.165, 1.54) is 5.56 Å². The van der Waals surface area contributed by atoms with Gasteiger partial charge in [0.2, 0.25) is 5.56 Å². The minimum absolute atomic E-state index is 0.131. The Morgan fingerprint density at radius 2 is 2.00 bits per heavy atom. The van der Waals surface area contributed by atoms with E-state index in [0.717, 1.165) is 56.2 Å².